The smallest absolute Gasteiger partial charge is 0.306 e. The van der Waals surface area contributed by atoms with Gasteiger partial charge in [-0.3, -0.25) is 9.78 Å². The Morgan fingerprint density at radius 2 is 1.91 bits per heavy atom. The zero-order valence-corrected chi connectivity index (χ0v) is 17.9. The summed E-state index contributed by atoms with van der Waals surface area (Å²) in [5.41, 5.74) is 1.85. The summed E-state index contributed by atoms with van der Waals surface area (Å²) < 4.78 is 5.45. The van der Waals surface area contributed by atoms with Gasteiger partial charge in [0.05, 0.1) is 11.6 Å². The summed E-state index contributed by atoms with van der Waals surface area (Å²) in [6, 6.07) is 8.42. The van der Waals surface area contributed by atoms with E-state index in [4.69, 9.17) is 9.72 Å². The van der Waals surface area contributed by atoms with Gasteiger partial charge in [-0.05, 0) is 49.9 Å². The Labute approximate surface area is 186 Å². The molecule has 2 saturated heterocycles. The molecule has 3 aromatic heterocycles. The molecular weight excluding hydrogens is 406 g/mol. The minimum atomic E-state index is -0.707. The van der Waals surface area contributed by atoms with Crippen LogP contribution in [0.25, 0.3) is 22.0 Å². The molecule has 0 aliphatic carbocycles. The van der Waals surface area contributed by atoms with E-state index in [2.05, 4.69) is 26.3 Å². The third-order valence-electron chi connectivity index (χ3n) is 6.38. The van der Waals surface area contributed by atoms with E-state index in [0.29, 0.717) is 32.0 Å². The Morgan fingerprint density at radius 1 is 1.09 bits per heavy atom. The molecule has 0 bridgehead atoms. The second-order valence-electron chi connectivity index (χ2n) is 8.49. The molecule has 166 valence electrons. The molecule has 2 fully saturated rings. The molecule has 2 aliphatic rings. The van der Waals surface area contributed by atoms with Crippen molar-refractivity contribution in [1.29, 1.82) is 0 Å². The maximum Gasteiger partial charge on any atom is 0.306 e. The lowest BCUT2D eigenvalue weighted by Gasteiger charge is -2.32. The number of carboxylic acids is 1. The van der Waals surface area contributed by atoms with Gasteiger partial charge < -0.3 is 20.1 Å². The van der Waals surface area contributed by atoms with Gasteiger partial charge in [0.25, 0.3) is 0 Å². The number of fused-ring (bicyclic) bond motifs is 1. The fraction of sp³-hybridized carbons (Fsp3) is 0.417. The monoisotopic (exact) mass is 433 g/mol. The number of piperidine rings is 1. The van der Waals surface area contributed by atoms with E-state index >= 15 is 0 Å². The number of hydrogen-bond acceptors (Lipinski definition) is 7. The van der Waals surface area contributed by atoms with E-state index in [1.54, 1.807) is 6.20 Å². The molecule has 0 unspecified atom stereocenters. The Bertz CT molecular complexity index is 1110. The second-order valence-corrected chi connectivity index (χ2v) is 8.49. The van der Waals surface area contributed by atoms with Gasteiger partial charge in [0.1, 0.15) is 11.6 Å². The summed E-state index contributed by atoms with van der Waals surface area (Å²) in [6.07, 6.45) is 8.65. The van der Waals surface area contributed by atoms with Gasteiger partial charge >= 0.3 is 5.97 Å². The number of pyridine rings is 3. The number of ether oxygens (including phenoxy) is 1. The third kappa shape index (κ3) is 4.36. The largest absolute Gasteiger partial charge is 0.481 e. The Kier molecular flexibility index (Phi) is 5.85. The fourth-order valence-corrected chi connectivity index (χ4v) is 4.53. The quantitative estimate of drug-likeness (QED) is 0.630. The van der Waals surface area contributed by atoms with E-state index in [-0.39, 0.29) is 5.92 Å². The van der Waals surface area contributed by atoms with Gasteiger partial charge in [-0.15, -0.1) is 0 Å². The van der Waals surface area contributed by atoms with Crippen LogP contribution in [0.1, 0.15) is 25.7 Å². The number of nitrogens with zero attached hydrogens (tertiary/aromatic N) is 4. The lowest BCUT2D eigenvalue weighted by Crippen LogP contribution is -2.36. The fourth-order valence-electron chi connectivity index (χ4n) is 4.53. The molecule has 32 heavy (non-hydrogen) atoms. The van der Waals surface area contributed by atoms with Crippen molar-refractivity contribution in [2.75, 3.05) is 36.5 Å². The van der Waals surface area contributed by atoms with Gasteiger partial charge in [0.2, 0.25) is 0 Å². The maximum absolute atomic E-state index is 11.4. The number of nitrogens with one attached hydrogen (secondary N) is 1. The van der Waals surface area contributed by atoms with Crippen LogP contribution < -0.4 is 10.2 Å². The number of carbonyl (C=O) groups is 1. The molecule has 0 spiro atoms. The summed E-state index contributed by atoms with van der Waals surface area (Å²) in [7, 11) is 0. The molecule has 0 saturated carbocycles. The van der Waals surface area contributed by atoms with E-state index < -0.39 is 5.97 Å². The summed E-state index contributed by atoms with van der Waals surface area (Å²) >= 11 is 0. The van der Waals surface area contributed by atoms with Crippen molar-refractivity contribution in [3.05, 3.63) is 42.9 Å². The van der Waals surface area contributed by atoms with Crippen LogP contribution in [0.4, 0.5) is 11.6 Å². The highest BCUT2D eigenvalue weighted by Gasteiger charge is 2.26. The Hall–Kier alpha value is -3.26. The molecule has 3 aromatic rings. The lowest BCUT2D eigenvalue weighted by molar-refractivity contribution is -0.142. The van der Waals surface area contributed by atoms with Crippen LogP contribution >= 0.6 is 0 Å². The lowest BCUT2D eigenvalue weighted by atomic mass is 9.97. The standard InChI is InChI=1S/C24H27N5O3/c30-24(31)16-3-9-29(10-4-16)23-20-2-7-25-15-18(20)13-21(28-23)17-1-8-26-22(14-17)27-19-5-11-32-12-6-19/h1-2,7-8,13-16,19H,3-6,9-12H2,(H,26,27)(H,30,31). The van der Waals surface area contributed by atoms with E-state index in [1.165, 1.54) is 0 Å². The van der Waals surface area contributed by atoms with Gasteiger partial charge in [0.15, 0.2) is 0 Å². The molecule has 5 rings (SSSR count). The molecule has 0 amide bonds. The molecule has 0 radical (unpaired) electrons. The minimum Gasteiger partial charge on any atom is -0.481 e. The zero-order valence-electron chi connectivity index (χ0n) is 17.9. The summed E-state index contributed by atoms with van der Waals surface area (Å²) in [5.74, 6) is 0.744. The molecule has 0 aromatic carbocycles. The SMILES string of the molecule is O=C(O)C1CCN(c2nc(-c3ccnc(NC4CCOCC4)c3)cc3cnccc23)CC1. The van der Waals surface area contributed by atoms with Crippen molar-refractivity contribution in [1.82, 2.24) is 15.0 Å². The normalized spacial score (nSPS) is 18.1. The average molecular weight is 434 g/mol. The first-order valence-electron chi connectivity index (χ1n) is 11.2. The van der Waals surface area contributed by atoms with E-state index in [9.17, 15) is 9.90 Å². The molecule has 2 N–H and O–H groups in total. The molecule has 8 heteroatoms. The van der Waals surface area contributed by atoms with Crippen molar-refractivity contribution in [2.45, 2.75) is 31.7 Å². The van der Waals surface area contributed by atoms with Gasteiger partial charge in [-0.2, -0.15) is 0 Å². The number of hydrogen-bond donors (Lipinski definition) is 2. The number of rotatable bonds is 5. The van der Waals surface area contributed by atoms with Crippen molar-refractivity contribution in [3.63, 3.8) is 0 Å². The van der Waals surface area contributed by atoms with Crippen LogP contribution in [0, 0.1) is 5.92 Å². The first kappa shape index (κ1) is 20.6. The van der Waals surface area contributed by atoms with Gasteiger partial charge in [0, 0.05) is 67.3 Å². The van der Waals surface area contributed by atoms with Crippen LogP contribution in [0.5, 0.6) is 0 Å². The summed E-state index contributed by atoms with van der Waals surface area (Å²) in [4.78, 5) is 27.4. The molecule has 8 nitrogen and oxygen atoms in total. The molecular formula is C24H27N5O3. The van der Waals surface area contributed by atoms with Crippen LogP contribution in [-0.2, 0) is 9.53 Å². The number of anilines is 2. The van der Waals surface area contributed by atoms with Crippen LogP contribution in [0.3, 0.4) is 0 Å². The van der Waals surface area contributed by atoms with Gasteiger partial charge in [-0.25, -0.2) is 9.97 Å². The van der Waals surface area contributed by atoms with Crippen molar-refractivity contribution >= 4 is 28.4 Å². The number of carboxylic acid groups (broad SMARTS) is 1. The highest BCUT2D eigenvalue weighted by molar-refractivity contribution is 5.94. The van der Waals surface area contributed by atoms with Crippen LogP contribution in [0.15, 0.2) is 42.9 Å². The van der Waals surface area contributed by atoms with Crippen molar-refractivity contribution in [2.24, 2.45) is 5.92 Å². The Morgan fingerprint density at radius 3 is 2.69 bits per heavy atom. The van der Waals surface area contributed by atoms with Crippen LogP contribution in [-0.4, -0.2) is 58.4 Å². The molecule has 2 aliphatic heterocycles. The second kappa shape index (κ2) is 9.08. The maximum atomic E-state index is 11.4. The molecule has 5 heterocycles. The number of aromatic nitrogens is 3. The van der Waals surface area contributed by atoms with Crippen molar-refractivity contribution in [3.8, 4) is 11.3 Å². The topological polar surface area (TPSA) is 100 Å². The number of aliphatic carboxylic acids is 1. The summed E-state index contributed by atoms with van der Waals surface area (Å²) in [6.45, 7) is 2.91. The Balaban J connectivity index is 1.46. The predicted molar refractivity (Wildman–Crippen MR) is 123 cm³/mol. The first-order valence-corrected chi connectivity index (χ1v) is 11.2. The third-order valence-corrected chi connectivity index (χ3v) is 6.38. The predicted octanol–water partition coefficient (Wildman–Crippen LogP) is 3.58. The average Bonchev–Trinajstić information content (AvgIpc) is 2.84. The van der Waals surface area contributed by atoms with E-state index in [0.717, 1.165) is 59.7 Å². The van der Waals surface area contributed by atoms with Crippen LogP contribution in [0.2, 0.25) is 0 Å². The minimum absolute atomic E-state index is 0.276. The van der Waals surface area contributed by atoms with E-state index in [1.807, 2.05) is 30.6 Å². The van der Waals surface area contributed by atoms with Crippen molar-refractivity contribution < 1.29 is 14.6 Å². The van der Waals surface area contributed by atoms with Gasteiger partial charge in [-0.1, -0.05) is 0 Å². The highest BCUT2D eigenvalue weighted by atomic mass is 16.5. The summed E-state index contributed by atoms with van der Waals surface area (Å²) in [5, 5.41) is 14.9. The highest BCUT2D eigenvalue weighted by Crippen LogP contribution is 2.32. The zero-order chi connectivity index (χ0) is 21.9. The molecule has 0 atom stereocenters. The first-order chi connectivity index (χ1) is 15.7.